The predicted molar refractivity (Wildman–Crippen MR) is 129 cm³/mol. The number of amides is 1. The van der Waals surface area contributed by atoms with Crippen molar-refractivity contribution in [3.8, 4) is 17.2 Å². The number of carbonyl (C=O) groups is 1. The summed E-state index contributed by atoms with van der Waals surface area (Å²) < 4.78 is 17.7. The topological polar surface area (TPSA) is 69.2 Å². The van der Waals surface area contributed by atoms with Gasteiger partial charge in [-0.2, -0.15) is 5.10 Å². The summed E-state index contributed by atoms with van der Waals surface area (Å²) >= 11 is 9.55. The average Bonchev–Trinajstić information content (AvgIpc) is 2.79. The van der Waals surface area contributed by atoms with Crippen LogP contribution in [0.3, 0.4) is 0 Å². The lowest BCUT2D eigenvalue weighted by atomic mass is 10.2. The Balaban J connectivity index is 1.69. The molecule has 166 valence electrons. The van der Waals surface area contributed by atoms with E-state index in [1.54, 1.807) is 43.5 Å². The number of ether oxygens (including phenoxy) is 3. The number of carbonyl (C=O) groups excluding carboxylic acids is 1. The molecular formula is C24H22BrClN2O4. The Morgan fingerprint density at radius 1 is 1.03 bits per heavy atom. The number of hydrogen-bond acceptors (Lipinski definition) is 5. The molecule has 3 rings (SSSR count). The maximum atomic E-state index is 12.5. The van der Waals surface area contributed by atoms with Crippen molar-refractivity contribution in [3.63, 3.8) is 0 Å². The van der Waals surface area contributed by atoms with Crippen LogP contribution in [0, 0.1) is 0 Å². The van der Waals surface area contributed by atoms with Crippen molar-refractivity contribution in [2.24, 2.45) is 5.10 Å². The summed E-state index contributed by atoms with van der Waals surface area (Å²) in [6.07, 6.45) is 1.49. The minimum Gasteiger partial charge on any atom is -0.493 e. The minimum atomic E-state index is -0.385. The lowest BCUT2D eigenvalue weighted by Gasteiger charge is -2.11. The number of rotatable bonds is 9. The molecule has 0 bridgehead atoms. The van der Waals surface area contributed by atoms with Gasteiger partial charge < -0.3 is 14.2 Å². The first kappa shape index (κ1) is 23.6. The average molecular weight is 518 g/mol. The van der Waals surface area contributed by atoms with Gasteiger partial charge in [0, 0.05) is 20.6 Å². The van der Waals surface area contributed by atoms with Gasteiger partial charge in [-0.25, -0.2) is 5.43 Å². The quantitative estimate of drug-likeness (QED) is 0.285. The Morgan fingerprint density at radius 3 is 2.50 bits per heavy atom. The third kappa shape index (κ3) is 6.48. The second-order valence-corrected chi connectivity index (χ2v) is 7.95. The monoisotopic (exact) mass is 516 g/mol. The molecule has 0 aliphatic carbocycles. The van der Waals surface area contributed by atoms with E-state index in [1.165, 1.54) is 6.21 Å². The van der Waals surface area contributed by atoms with Gasteiger partial charge in [-0.15, -0.1) is 0 Å². The summed E-state index contributed by atoms with van der Waals surface area (Å²) in [6.45, 7) is 2.70. The van der Waals surface area contributed by atoms with E-state index in [2.05, 4.69) is 26.5 Å². The van der Waals surface area contributed by atoms with Crippen LogP contribution >= 0.6 is 27.5 Å². The lowest BCUT2D eigenvalue weighted by molar-refractivity contribution is 0.0954. The highest BCUT2D eigenvalue weighted by molar-refractivity contribution is 9.10. The molecule has 0 saturated carbocycles. The zero-order chi connectivity index (χ0) is 22.9. The van der Waals surface area contributed by atoms with Crippen LogP contribution in [0.4, 0.5) is 0 Å². The molecule has 1 N–H and O–H groups in total. The number of nitrogens with one attached hydrogen (secondary N) is 1. The van der Waals surface area contributed by atoms with E-state index in [1.807, 2.05) is 31.2 Å². The smallest absolute Gasteiger partial charge is 0.271 e. The van der Waals surface area contributed by atoms with Crippen LogP contribution in [0.5, 0.6) is 17.2 Å². The van der Waals surface area contributed by atoms with E-state index in [0.29, 0.717) is 46.6 Å². The molecule has 0 aromatic heterocycles. The summed E-state index contributed by atoms with van der Waals surface area (Å²) in [7, 11) is 1.54. The van der Waals surface area contributed by atoms with Gasteiger partial charge in [0.1, 0.15) is 12.4 Å². The minimum absolute atomic E-state index is 0.383. The van der Waals surface area contributed by atoms with E-state index in [0.717, 1.165) is 10.0 Å². The van der Waals surface area contributed by atoms with Gasteiger partial charge in [0.15, 0.2) is 11.5 Å². The molecule has 3 aromatic carbocycles. The SMILES string of the molecule is CCOc1cc(C(=O)N/N=C/c2cc(Cl)ccc2OCc2ccc(Br)cc2)ccc1OC. The number of halogens is 2. The van der Waals surface area contributed by atoms with Gasteiger partial charge in [-0.1, -0.05) is 39.7 Å². The van der Waals surface area contributed by atoms with Gasteiger partial charge in [-0.3, -0.25) is 4.79 Å². The third-order valence-electron chi connectivity index (χ3n) is 4.37. The first-order valence-corrected chi connectivity index (χ1v) is 11.0. The van der Waals surface area contributed by atoms with Gasteiger partial charge >= 0.3 is 0 Å². The summed E-state index contributed by atoms with van der Waals surface area (Å²) in [4.78, 5) is 12.5. The Hall–Kier alpha value is -3.03. The van der Waals surface area contributed by atoms with Crippen LogP contribution in [0.1, 0.15) is 28.4 Å². The molecule has 3 aromatic rings. The molecule has 8 heteroatoms. The molecule has 0 radical (unpaired) electrons. The van der Waals surface area contributed by atoms with Gasteiger partial charge in [-0.05, 0) is 61.0 Å². The molecular weight excluding hydrogens is 496 g/mol. The summed E-state index contributed by atoms with van der Waals surface area (Å²) in [5.41, 5.74) is 4.56. The van der Waals surface area contributed by atoms with E-state index in [4.69, 9.17) is 25.8 Å². The van der Waals surface area contributed by atoms with Gasteiger partial charge in [0.05, 0.1) is 19.9 Å². The zero-order valence-corrected chi connectivity index (χ0v) is 19.9. The van der Waals surface area contributed by atoms with Crippen LogP contribution in [0.2, 0.25) is 5.02 Å². The number of nitrogens with zero attached hydrogens (tertiary/aromatic N) is 1. The van der Waals surface area contributed by atoms with Crippen LogP contribution in [0.15, 0.2) is 70.2 Å². The highest BCUT2D eigenvalue weighted by Gasteiger charge is 2.11. The fraction of sp³-hybridized carbons (Fsp3) is 0.167. The maximum Gasteiger partial charge on any atom is 0.271 e. The number of hydrazone groups is 1. The lowest BCUT2D eigenvalue weighted by Crippen LogP contribution is -2.17. The molecule has 32 heavy (non-hydrogen) atoms. The van der Waals surface area contributed by atoms with Crippen molar-refractivity contribution in [2.75, 3.05) is 13.7 Å². The molecule has 0 aliphatic heterocycles. The Bertz CT molecular complexity index is 1100. The standard InChI is InChI=1S/C24H22BrClN2O4/c1-3-31-23-13-17(6-10-22(23)30-2)24(29)28-27-14-18-12-20(26)9-11-21(18)32-15-16-4-7-19(25)8-5-16/h4-14H,3,15H2,1-2H3,(H,28,29)/b27-14+. The van der Waals surface area contributed by atoms with Crippen LogP contribution in [-0.4, -0.2) is 25.8 Å². The van der Waals surface area contributed by atoms with E-state index in [9.17, 15) is 4.79 Å². The second kappa shape index (κ2) is 11.5. The fourth-order valence-corrected chi connectivity index (χ4v) is 3.25. The molecule has 0 spiro atoms. The Labute approximate surface area is 200 Å². The molecule has 6 nitrogen and oxygen atoms in total. The fourth-order valence-electron chi connectivity index (χ4n) is 2.80. The molecule has 0 unspecified atom stereocenters. The van der Waals surface area contributed by atoms with Crippen molar-refractivity contribution in [1.82, 2.24) is 5.43 Å². The van der Waals surface area contributed by atoms with E-state index < -0.39 is 0 Å². The van der Waals surface area contributed by atoms with E-state index >= 15 is 0 Å². The van der Waals surface area contributed by atoms with Crippen LogP contribution in [-0.2, 0) is 6.61 Å². The maximum absolute atomic E-state index is 12.5. The molecule has 0 atom stereocenters. The van der Waals surface area contributed by atoms with Crippen molar-refractivity contribution in [1.29, 1.82) is 0 Å². The number of methoxy groups -OCH3 is 1. The molecule has 0 heterocycles. The number of benzene rings is 3. The highest BCUT2D eigenvalue weighted by atomic mass is 79.9. The Kier molecular flexibility index (Phi) is 8.53. The summed E-state index contributed by atoms with van der Waals surface area (Å²) in [6, 6.07) is 18.0. The summed E-state index contributed by atoms with van der Waals surface area (Å²) in [5, 5.41) is 4.60. The number of hydrogen-bond donors (Lipinski definition) is 1. The Morgan fingerprint density at radius 2 is 1.78 bits per heavy atom. The molecule has 0 aliphatic rings. The van der Waals surface area contributed by atoms with Gasteiger partial charge in [0.25, 0.3) is 5.91 Å². The van der Waals surface area contributed by atoms with Gasteiger partial charge in [0.2, 0.25) is 0 Å². The largest absolute Gasteiger partial charge is 0.493 e. The first-order valence-electron chi connectivity index (χ1n) is 9.81. The van der Waals surface area contributed by atoms with Crippen LogP contribution in [0.25, 0.3) is 0 Å². The van der Waals surface area contributed by atoms with Crippen molar-refractivity contribution in [3.05, 3.63) is 86.8 Å². The zero-order valence-electron chi connectivity index (χ0n) is 17.6. The van der Waals surface area contributed by atoms with Crippen LogP contribution < -0.4 is 19.6 Å². The first-order chi connectivity index (χ1) is 15.5. The summed E-state index contributed by atoms with van der Waals surface area (Å²) in [5.74, 6) is 1.26. The molecule has 0 saturated heterocycles. The van der Waals surface area contributed by atoms with Crippen molar-refractivity contribution >= 4 is 39.7 Å². The van der Waals surface area contributed by atoms with Crippen molar-refractivity contribution in [2.45, 2.75) is 13.5 Å². The predicted octanol–water partition coefficient (Wildman–Crippen LogP) is 5.85. The third-order valence-corrected chi connectivity index (χ3v) is 5.14. The normalized spacial score (nSPS) is 10.8. The van der Waals surface area contributed by atoms with E-state index in [-0.39, 0.29) is 5.91 Å². The second-order valence-electron chi connectivity index (χ2n) is 6.60. The van der Waals surface area contributed by atoms with Crippen molar-refractivity contribution < 1.29 is 19.0 Å². The highest BCUT2D eigenvalue weighted by Crippen LogP contribution is 2.28. The molecule has 1 amide bonds. The molecule has 0 fully saturated rings.